The summed E-state index contributed by atoms with van der Waals surface area (Å²) in [6.45, 7) is 8.30. The maximum Gasteiger partial charge on any atom is 0.312 e. The van der Waals surface area contributed by atoms with E-state index in [9.17, 15) is 14.7 Å². The highest BCUT2D eigenvalue weighted by atomic mass is 16.5. The Morgan fingerprint density at radius 2 is 1.94 bits per heavy atom. The fraction of sp³-hybridized carbons (Fsp3) is 0.286. The van der Waals surface area contributed by atoms with Crippen molar-refractivity contribution in [2.75, 3.05) is 13.7 Å². The number of para-hydroxylation sites is 1. The van der Waals surface area contributed by atoms with Gasteiger partial charge in [-0.05, 0) is 49.6 Å². The molecule has 0 fully saturated rings. The second kappa shape index (κ2) is 10.1. The number of aromatic nitrogens is 1. The lowest BCUT2D eigenvalue weighted by Crippen LogP contribution is -2.33. The lowest BCUT2D eigenvalue weighted by atomic mass is 9.86. The van der Waals surface area contributed by atoms with Crippen LogP contribution in [0, 0.1) is 6.92 Å². The number of pyridine rings is 1. The molecular formula is C28H29NO6. The number of benzene rings is 2. The van der Waals surface area contributed by atoms with E-state index in [0.29, 0.717) is 41.3 Å². The monoisotopic (exact) mass is 475 g/mol. The van der Waals surface area contributed by atoms with Gasteiger partial charge < -0.3 is 23.9 Å². The van der Waals surface area contributed by atoms with E-state index in [1.54, 1.807) is 35.9 Å². The van der Waals surface area contributed by atoms with Crippen LogP contribution in [0.3, 0.4) is 0 Å². The van der Waals surface area contributed by atoms with Gasteiger partial charge in [0.05, 0.1) is 19.1 Å². The summed E-state index contributed by atoms with van der Waals surface area (Å²) in [5.74, 6) is 0.529. The number of aromatic hydroxyl groups is 1. The number of rotatable bonds is 8. The molecule has 1 aliphatic heterocycles. The molecule has 2 aromatic carbocycles. The molecule has 4 rings (SSSR count). The molecule has 0 saturated carbocycles. The number of esters is 1. The topological polar surface area (TPSA) is 87.0 Å². The molecule has 7 nitrogen and oxygen atoms in total. The van der Waals surface area contributed by atoms with Gasteiger partial charge in [-0.2, -0.15) is 0 Å². The van der Waals surface area contributed by atoms with E-state index in [1.165, 1.54) is 0 Å². The first-order valence-electron chi connectivity index (χ1n) is 11.5. The van der Waals surface area contributed by atoms with Gasteiger partial charge in [-0.15, -0.1) is 0 Å². The van der Waals surface area contributed by atoms with Gasteiger partial charge in [-0.25, -0.2) is 0 Å². The molecule has 35 heavy (non-hydrogen) atoms. The Labute approximate surface area is 204 Å². The highest BCUT2D eigenvalue weighted by Gasteiger charge is 2.35. The Morgan fingerprint density at radius 1 is 1.20 bits per heavy atom. The predicted octanol–water partition coefficient (Wildman–Crippen LogP) is 4.51. The van der Waals surface area contributed by atoms with Crippen LogP contribution in [-0.4, -0.2) is 29.4 Å². The van der Waals surface area contributed by atoms with Crippen molar-refractivity contribution in [1.29, 1.82) is 0 Å². The van der Waals surface area contributed by atoms with Crippen LogP contribution in [0.25, 0.3) is 0 Å². The first-order valence-corrected chi connectivity index (χ1v) is 11.5. The van der Waals surface area contributed by atoms with Crippen LogP contribution in [-0.2, 0) is 17.8 Å². The normalized spacial score (nSPS) is 14.7. The number of methoxy groups -OCH3 is 1. The predicted molar refractivity (Wildman–Crippen MR) is 133 cm³/mol. The molecule has 1 atom stereocenters. The molecule has 3 aromatic rings. The van der Waals surface area contributed by atoms with Crippen molar-refractivity contribution < 1.29 is 24.1 Å². The van der Waals surface area contributed by atoms with Crippen molar-refractivity contribution in [3.05, 3.63) is 93.4 Å². The van der Waals surface area contributed by atoms with Crippen molar-refractivity contribution >= 4 is 5.97 Å². The van der Waals surface area contributed by atoms with Crippen LogP contribution in [0.1, 0.15) is 41.6 Å². The third kappa shape index (κ3) is 5.09. The third-order valence-corrected chi connectivity index (χ3v) is 6.08. The lowest BCUT2D eigenvalue weighted by molar-refractivity contribution is -0.135. The molecule has 1 aromatic heterocycles. The first-order chi connectivity index (χ1) is 16.8. The second-order valence-electron chi connectivity index (χ2n) is 8.79. The Bertz CT molecular complexity index is 1320. The number of aryl methyl sites for hydroxylation is 2. The number of ether oxygens (including phenoxy) is 3. The van der Waals surface area contributed by atoms with Crippen LogP contribution in [0.5, 0.6) is 23.0 Å². The SMILES string of the molecule is C=C(C)COc1c(OC)cccc1[C@@H]1CC(=O)Oc2cc(C)n(CCc3ccc(O)cc3)c(=O)c21. The molecule has 1 aliphatic rings. The minimum absolute atomic E-state index is 0.0138. The van der Waals surface area contributed by atoms with Crippen LogP contribution in [0.4, 0.5) is 0 Å². The van der Waals surface area contributed by atoms with Crippen molar-refractivity contribution in [2.45, 2.75) is 39.2 Å². The summed E-state index contributed by atoms with van der Waals surface area (Å²) in [6, 6.07) is 14.1. The van der Waals surface area contributed by atoms with Gasteiger partial charge in [0.2, 0.25) is 0 Å². The summed E-state index contributed by atoms with van der Waals surface area (Å²) >= 11 is 0. The van der Waals surface area contributed by atoms with E-state index in [1.807, 2.05) is 38.1 Å². The Morgan fingerprint density at radius 3 is 2.63 bits per heavy atom. The van der Waals surface area contributed by atoms with Gasteiger partial charge in [0, 0.05) is 29.8 Å². The Balaban J connectivity index is 1.78. The first kappa shape index (κ1) is 24.1. The largest absolute Gasteiger partial charge is 0.508 e. The zero-order valence-corrected chi connectivity index (χ0v) is 20.2. The van der Waals surface area contributed by atoms with Crippen LogP contribution >= 0.6 is 0 Å². The molecule has 0 spiro atoms. The molecule has 0 radical (unpaired) electrons. The van der Waals surface area contributed by atoms with Crippen LogP contribution in [0.2, 0.25) is 0 Å². The zero-order chi connectivity index (χ0) is 25.1. The van der Waals surface area contributed by atoms with Gasteiger partial charge in [0.25, 0.3) is 5.56 Å². The molecule has 2 heterocycles. The molecule has 0 saturated heterocycles. The molecule has 182 valence electrons. The smallest absolute Gasteiger partial charge is 0.312 e. The number of carbonyl (C=O) groups is 1. The zero-order valence-electron chi connectivity index (χ0n) is 20.2. The summed E-state index contributed by atoms with van der Waals surface area (Å²) in [4.78, 5) is 26.3. The van der Waals surface area contributed by atoms with E-state index in [2.05, 4.69) is 6.58 Å². The van der Waals surface area contributed by atoms with Crippen molar-refractivity contribution in [1.82, 2.24) is 4.57 Å². The minimum atomic E-state index is -0.547. The van der Waals surface area contributed by atoms with E-state index < -0.39 is 11.9 Å². The minimum Gasteiger partial charge on any atom is -0.508 e. The van der Waals surface area contributed by atoms with Gasteiger partial charge in [-0.3, -0.25) is 9.59 Å². The van der Waals surface area contributed by atoms with E-state index >= 15 is 0 Å². The summed E-state index contributed by atoms with van der Waals surface area (Å²) < 4.78 is 18.8. The number of hydrogen-bond acceptors (Lipinski definition) is 6. The number of fused-ring (bicyclic) bond motifs is 1. The average Bonchev–Trinajstić information content (AvgIpc) is 2.82. The summed E-state index contributed by atoms with van der Waals surface area (Å²) in [7, 11) is 1.55. The Kier molecular flexibility index (Phi) is 6.96. The third-order valence-electron chi connectivity index (χ3n) is 6.08. The maximum atomic E-state index is 13.8. The maximum absolute atomic E-state index is 13.8. The molecule has 0 amide bonds. The molecule has 0 bridgehead atoms. The number of carbonyl (C=O) groups excluding carboxylic acids is 1. The number of nitrogens with zero attached hydrogens (tertiary/aromatic N) is 1. The highest BCUT2D eigenvalue weighted by molar-refractivity contribution is 5.78. The fourth-order valence-electron chi connectivity index (χ4n) is 4.36. The number of phenolic OH excluding ortho intramolecular Hbond substituents is 1. The van der Waals surface area contributed by atoms with E-state index in [-0.39, 0.29) is 30.1 Å². The van der Waals surface area contributed by atoms with E-state index in [4.69, 9.17) is 14.2 Å². The van der Waals surface area contributed by atoms with Crippen LogP contribution < -0.4 is 19.8 Å². The van der Waals surface area contributed by atoms with Crippen molar-refractivity contribution in [3.8, 4) is 23.0 Å². The fourth-order valence-corrected chi connectivity index (χ4v) is 4.36. The summed E-state index contributed by atoms with van der Waals surface area (Å²) in [6.07, 6.45) is 0.621. The van der Waals surface area contributed by atoms with Crippen molar-refractivity contribution in [3.63, 3.8) is 0 Å². The second-order valence-corrected chi connectivity index (χ2v) is 8.79. The number of phenols is 1. The molecular weight excluding hydrogens is 446 g/mol. The quantitative estimate of drug-likeness (QED) is 0.381. The van der Waals surface area contributed by atoms with E-state index in [0.717, 1.165) is 11.1 Å². The van der Waals surface area contributed by atoms with Gasteiger partial charge in [0.15, 0.2) is 11.5 Å². The molecule has 0 unspecified atom stereocenters. The van der Waals surface area contributed by atoms with Crippen molar-refractivity contribution in [2.24, 2.45) is 0 Å². The molecule has 7 heteroatoms. The average molecular weight is 476 g/mol. The molecule has 1 N–H and O–H groups in total. The van der Waals surface area contributed by atoms with Crippen LogP contribution in [0.15, 0.2) is 65.5 Å². The Hall–Kier alpha value is -4.00. The summed E-state index contributed by atoms with van der Waals surface area (Å²) in [5, 5.41) is 9.53. The van der Waals surface area contributed by atoms with Gasteiger partial charge in [-0.1, -0.05) is 30.8 Å². The number of hydrogen-bond donors (Lipinski definition) is 1. The lowest BCUT2D eigenvalue weighted by Gasteiger charge is -2.28. The van der Waals surface area contributed by atoms with Gasteiger partial charge >= 0.3 is 5.97 Å². The summed E-state index contributed by atoms with van der Waals surface area (Å²) in [5.41, 5.74) is 3.44. The highest BCUT2D eigenvalue weighted by Crippen LogP contribution is 2.44. The molecule has 0 aliphatic carbocycles. The standard InChI is InChI=1S/C28H29NO6/c1-17(2)16-34-27-21(6-5-7-23(27)33-4)22-15-25(31)35-24-14-18(3)29(28(32)26(22)24)13-12-19-8-10-20(30)11-9-19/h5-11,14,22,30H,1,12-13,15-16H2,2-4H3/t22-/m0/s1. The van der Waals surface area contributed by atoms with Gasteiger partial charge in [0.1, 0.15) is 18.1 Å².